The minimum absolute atomic E-state index is 0.156. The van der Waals surface area contributed by atoms with Crippen LogP contribution in [0.1, 0.15) is 33.6 Å². The topological polar surface area (TPSA) is 34.1 Å². The minimum atomic E-state index is 0.156. The summed E-state index contributed by atoms with van der Waals surface area (Å²) in [6.07, 6.45) is 3.59. The lowest BCUT2D eigenvalue weighted by molar-refractivity contribution is 0.197. The Morgan fingerprint density at radius 3 is 2.86 bits per heavy atom. The van der Waals surface area contributed by atoms with Gasteiger partial charge in [0.1, 0.15) is 5.01 Å². The van der Waals surface area contributed by atoms with E-state index in [4.69, 9.17) is 9.72 Å². The lowest BCUT2D eigenvalue weighted by Gasteiger charge is -2.17. The van der Waals surface area contributed by atoms with Crippen LogP contribution in [0.2, 0.25) is 0 Å². The van der Waals surface area contributed by atoms with E-state index in [2.05, 4.69) is 45.5 Å². The first kappa shape index (κ1) is 15.2. The number of benzene rings is 1. The first-order chi connectivity index (χ1) is 10.3. The first-order valence-electron chi connectivity index (χ1n) is 7.24. The SMILES string of the molecule is COCCNC(c1ccc(Br)cc1)c1nc2c(s1)CCC2. The summed E-state index contributed by atoms with van der Waals surface area (Å²) in [4.78, 5) is 6.34. The van der Waals surface area contributed by atoms with E-state index in [1.54, 1.807) is 7.11 Å². The van der Waals surface area contributed by atoms with Crippen LogP contribution in [0.4, 0.5) is 0 Å². The molecule has 1 aromatic heterocycles. The van der Waals surface area contributed by atoms with E-state index in [-0.39, 0.29) is 6.04 Å². The van der Waals surface area contributed by atoms with E-state index in [0.29, 0.717) is 6.61 Å². The van der Waals surface area contributed by atoms with Gasteiger partial charge < -0.3 is 10.1 Å². The molecule has 3 nitrogen and oxygen atoms in total. The van der Waals surface area contributed by atoms with E-state index >= 15 is 0 Å². The summed E-state index contributed by atoms with van der Waals surface area (Å²) < 4.78 is 6.26. The fourth-order valence-corrected chi connectivity index (χ4v) is 4.16. The molecule has 0 bridgehead atoms. The monoisotopic (exact) mass is 366 g/mol. The van der Waals surface area contributed by atoms with Crippen molar-refractivity contribution in [2.45, 2.75) is 25.3 Å². The normalized spacial score (nSPS) is 15.1. The molecule has 2 aromatic rings. The molecule has 0 spiro atoms. The number of rotatable bonds is 6. The van der Waals surface area contributed by atoms with E-state index in [9.17, 15) is 0 Å². The van der Waals surface area contributed by atoms with Gasteiger partial charge in [0, 0.05) is 23.0 Å². The van der Waals surface area contributed by atoms with Crippen LogP contribution >= 0.6 is 27.3 Å². The molecule has 3 rings (SSSR count). The molecule has 0 aliphatic heterocycles. The van der Waals surface area contributed by atoms with Gasteiger partial charge in [0.2, 0.25) is 0 Å². The molecule has 5 heteroatoms. The number of methoxy groups -OCH3 is 1. The zero-order chi connectivity index (χ0) is 14.7. The third-order valence-corrected chi connectivity index (χ3v) is 5.47. The van der Waals surface area contributed by atoms with Gasteiger partial charge in [0.25, 0.3) is 0 Å². The lowest BCUT2D eigenvalue weighted by Crippen LogP contribution is -2.26. The molecule has 1 atom stereocenters. The van der Waals surface area contributed by atoms with Gasteiger partial charge in [-0.3, -0.25) is 0 Å². The molecular formula is C16H19BrN2OS. The summed E-state index contributed by atoms with van der Waals surface area (Å²) in [6, 6.07) is 8.63. The number of ether oxygens (including phenoxy) is 1. The second-order valence-electron chi connectivity index (χ2n) is 5.21. The Bertz CT molecular complexity index is 575. The van der Waals surface area contributed by atoms with Crippen molar-refractivity contribution in [1.29, 1.82) is 0 Å². The van der Waals surface area contributed by atoms with Gasteiger partial charge in [-0.1, -0.05) is 28.1 Å². The summed E-state index contributed by atoms with van der Waals surface area (Å²) in [5.41, 5.74) is 2.56. The van der Waals surface area contributed by atoms with Crippen LogP contribution in [-0.2, 0) is 17.6 Å². The Kier molecular flexibility index (Phi) is 5.06. The Morgan fingerprint density at radius 1 is 1.33 bits per heavy atom. The fourth-order valence-electron chi connectivity index (χ4n) is 2.64. The largest absolute Gasteiger partial charge is 0.383 e. The van der Waals surface area contributed by atoms with Gasteiger partial charge in [-0.15, -0.1) is 11.3 Å². The van der Waals surface area contributed by atoms with Gasteiger partial charge in [-0.05, 0) is 37.0 Å². The Labute approximate surface area is 137 Å². The summed E-state index contributed by atoms with van der Waals surface area (Å²) in [5, 5.41) is 4.75. The lowest BCUT2D eigenvalue weighted by atomic mass is 10.1. The molecule has 0 radical (unpaired) electrons. The van der Waals surface area contributed by atoms with Crippen molar-refractivity contribution in [3.63, 3.8) is 0 Å². The average Bonchev–Trinajstić information content (AvgIpc) is 3.06. The van der Waals surface area contributed by atoms with Crippen molar-refractivity contribution in [3.05, 3.63) is 49.9 Å². The number of nitrogens with one attached hydrogen (secondary N) is 1. The van der Waals surface area contributed by atoms with Crippen LogP contribution in [0.3, 0.4) is 0 Å². The number of hydrogen-bond acceptors (Lipinski definition) is 4. The van der Waals surface area contributed by atoms with Crippen LogP contribution in [0.25, 0.3) is 0 Å². The second kappa shape index (κ2) is 7.01. The van der Waals surface area contributed by atoms with Gasteiger partial charge >= 0.3 is 0 Å². The maximum absolute atomic E-state index is 5.16. The van der Waals surface area contributed by atoms with Crippen molar-refractivity contribution < 1.29 is 4.74 Å². The van der Waals surface area contributed by atoms with Crippen molar-refractivity contribution >= 4 is 27.3 Å². The molecule has 1 unspecified atom stereocenters. The second-order valence-corrected chi connectivity index (χ2v) is 7.24. The highest BCUT2D eigenvalue weighted by Crippen LogP contribution is 2.33. The molecule has 1 aromatic carbocycles. The third-order valence-electron chi connectivity index (χ3n) is 3.72. The highest BCUT2D eigenvalue weighted by molar-refractivity contribution is 9.10. The summed E-state index contributed by atoms with van der Waals surface area (Å²) in [6.45, 7) is 1.53. The summed E-state index contributed by atoms with van der Waals surface area (Å²) >= 11 is 5.36. The molecule has 0 amide bonds. The number of hydrogen-bond donors (Lipinski definition) is 1. The molecule has 0 fully saturated rings. The summed E-state index contributed by atoms with van der Waals surface area (Å²) in [5.74, 6) is 0. The van der Waals surface area contributed by atoms with Crippen LogP contribution in [0.5, 0.6) is 0 Å². The van der Waals surface area contributed by atoms with Gasteiger partial charge in [0.05, 0.1) is 18.3 Å². The van der Waals surface area contributed by atoms with Crippen molar-refractivity contribution in [1.82, 2.24) is 10.3 Å². The quantitative estimate of drug-likeness (QED) is 0.791. The molecule has 0 saturated heterocycles. The average molecular weight is 367 g/mol. The number of aryl methyl sites for hydroxylation is 2. The van der Waals surface area contributed by atoms with Crippen LogP contribution in [0, 0.1) is 0 Å². The van der Waals surface area contributed by atoms with Crippen LogP contribution < -0.4 is 5.32 Å². The van der Waals surface area contributed by atoms with Gasteiger partial charge in [-0.2, -0.15) is 0 Å². The zero-order valence-electron chi connectivity index (χ0n) is 12.1. The first-order valence-corrected chi connectivity index (χ1v) is 8.85. The Morgan fingerprint density at radius 2 is 2.14 bits per heavy atom. The van der Waals surface area contributed by atoms with Gasteiger partial charge in [-0.25, -0.2) is 4.98 Å². The van der Waals surface area contributed by atoms with E-state index in [1.165, 1.54) is 34.0 Å². The van der Waals surface area contributed by atoms with Crippen molar-refractivity contribution in [3.8, 4) is 0 Å². The van der Waals surface area contributed by atoms with E-state index in [1.807, 2.05) is 11.3 Å². The molecule has 0 saturated carbocycles. The predicted octanol–water partition coefficient (Wildman–Crippen LogP) is 3.72. The molecule has 1 aliphatic rings. The van der Waals surface area contributed by atoms with E-state index in [0.717, 1.165) is 17.4 Å². The maximum atomic E-state index is 5.16. The highest BCUT2D eigenvalue weighted by Gasteiger charge is 2.22. The molecule has 1 N–H and O–H groups in total. The van der Waals surface area contributed by atoms with E-state index < -0.39 is 0 Å². The summed E-state index contributed by atoms with van der Waals surface area (Å²) in [7, 11) is 1.73. The predicted molar refractivity (Wildman–Crippen MR) is 90.0 cm³/mol. The Balaban J connectivity index is 1.85. The minimum Gasteiger partial charge on any atom is -0.383 e. The molecule has 1 heterocycles. The smallest absolute Gasteiger partial charge is 0.115 e. The number of fused-ring (bicyclic) bond motifs is 1. The number of halogens is 1. The molecular weight excluding hydrogens is 348 g/mol. The van der Waals surface area contributed by atoms with Crippen LogP contribution in [-0.4, -0.2) is 25.2 Å². The van der Waals surface area contributed by atoms with Gasteiger partial charge in [0.15, 0.2) is 0 Å². The maximum Gasteiger partial charge on any atom is 0.115 e. The fraction of sp³-hybridized carbons (Fsp3) is 0.438. The highest BCUT2D eigenvalue weighted by atomic mass is 79.9. The number of thiazole rings is 1. The zero-order valence-corrected chi connectivity index (χ0v) is 14.5. The van der Waals surface area contributed by atoms with Crippen LogP contribution in [0.15, 0.2) is 28.7 Å². The molecule has 112 valence electrons. The Hall–Kier alpha value is -0.750. The number of nitrogens with zero attached hydrogens (tertiary/aromatic N) is 1. The molecule has 21 heavy (non-hydrogen) atoms. The standard InChI is InChI=1S/C16H19BrN2OS/c1-20-10-9-18-15(11-5-7-12(17)8-6-11)16-19-13-3-2-4-14(13)21-16/h5-8,15,18H,2-4,9-10H2,1H3. The molecule has 1 aliphatic carbocycles. The third kappa shape index (κ3) is 3.54. The van der Waals surface area contributed by atoms with Crippen molar-refractivity contribution in [2.75, 3.05) is 20.3 Å². The number of aromatic nitrogens is 1. The van der Waals surface area contributed by atoms with Crippen molar-refractivity contribution in [2.24, 2.45) is 0 Å².